The first-order valence-electron chi connectivity index (χ1n) is 5.69. The first-order chi connectivity index (χ1) is 8.58. The summed E-state index contributed by atoms with van der Waals surface area (Å²) in [7, 11) is 0. The largest absolute Gasteiger partial charge is 0.355 e. The molecule has 0 spiro atoms. The van der Waals surface area contributed by atoms with Crippen LogP contribution in [0.15, 0.2) is 18.2 Å². The molecule has 1 amide bonds. The first kappa shape index (κ1) is 14.1. The lowest BCUT2D eigenvalue weighted by molar-refractivity contribution is -0.123. The summed E-state index contributed by atoms with van der Waals surface area (Å²) in [5.74, 6) is -2.29. The number of carbonyl (C=O) groups is 1. The molecule has 0 radical (unpaired) electrons. The summed E-state index contributed by atoms with van der Waals surface area (Å²) in [5, 5.41) is 11.2. The van der Waals surface area contributed by atoms with Gasteiger partial charge in [-0.3, -0.25) is 4.79 Å². The molecule has 0 bridgehead atoms. The van der Waals surface area contributed by atoms with Crippen LogP contribution >= 0.6 is 0 Å². The molecular weight excluding hydrogens is 238 g/mol. The number of halogens is 2. The van der Waals surface area contributed by atoms with Gasteiger partial charge in [0.1, 0.15) is 17.6 Å². The molecule has 0 aliphatic heterocycles. The van der Waals surface area contributed by atoms with E-state index < -0.39 is 17.6 Å². The second-order valence-corrected chi connectivity index (χ2v) is 3.87. The Bertz CT molecular complexity index is 469. The fourth-order valence-electron chi connectivity index (χ4n) is 1.50. The summed E-state index contributed by atoms with van der Waals surface area (Å²) in [4.78, 5) is 11.4. The highest BCUT2D eigenvalue weighted by Gasteiger charge is 2.14. The maximum Gasteiger partial charge on any atom is 0.237 e. The number of hydrogen-bond acceptors (Lipinski definition) is 2. The van der Waals surface area contributed by atoms with Crippen LogP contribution in [-0.4, -0.2) is 12.5 Å². The van der Waals surface area contributed by atoms with Crippen molar-refractivity contribution in [1.29, 1.82) is 5.26 Å². The van der Waals surface area contributed by atoms with Gasteiger partial charge in [0.2, 0.25) is 5.91 Å². The van der Waals surface area contributed by atoms with Gasteiger partial charge in [-0.15, -0.1) is 0 Å². The molecular formula is C13H14F2N2O. The van der Waals surface area contributed by atoms with Gasteiger partial charge in [0.05, 0.1) is 6.07 Å². The SMILES string of the molecule is CCC(C#N)C(=O)NCCc1ccc(F)cc1F. The van der Waals surface area contributed by atoms with Crippen molar-refractivity contribution in [2.75, 3.05) is 6.54 Å². The molecule has 0 aromatic heterocycles. The van der Waals surface area contributed by atoms with Crippen molar-refractivity contribution in [3.63, 3.8) is 0 Å². The number of nitriles is 1. The molecule has 1 atom stereocenters. The van der Waals surface area contributed by atoms with Crippen LogP contribution < -0.4 is 5.32 Å². The second-order valence-electron chi connectivity index (χ2n) is 3.87. The smallest absolute Gasteiger partial charge is 0.237 e. The van der Waals surface area contributed by atoms with Crippen molar-refractivity contribution in [3.8, 4) is 6.07 Å². The van der Waals surface area contributed by atoms with Gasteiger partial charge in [0.15, 0.2) is 0 Å². The maximum absolute atomic E-state index is 13.3. The summed E-state index contributed by atoms with van der Waals surface area (Å²) < 4.78 is 25.9. The van der Waals surface area contributed by atoms with E-state index in [-0.39, 0.29) is 18.9 Å². The molecule has 1 rings (SSSR count). The van der Waals surface area contributed by atoms with Gasteiger partial charge >= 0.3 is 0 Å². The van der Waals surface area contributed by atoms with E-state index in [0.29, 0.717) is 12.0 Å². The molecule has 0 saturated carbocycles. The highest BCUT2D eigenvalue weighted by Crippen LogP contribution is 2.09. The van der Waals surface area contributed by atoms with Crippen LogP contribution in [0.5, 0.6) is 0 Å². The molecule has 0 fully saturated rings. The fraction of sp³-hybridized carbons (Fsp3) is 0.385. The Kier molecular flexibility index (Phi) is 5.25. The van der Waals surface area contributed by atoms with E-state index in [2.05, 4.69) is 5.32 Å². The third-order valence-electron chi connectivity index (χ3n) is 2.59. The minimum atomic E-state index is -0.678. The predicted molar refractivity (Wildman–Crippen MR) is 62.5 cm³/mol. The Labute approximate surface area is 104 Å². The van der Waals surface area contributed by atoms with Crippen molar-refractivity contribution < 1.29 is 13.6 Å². The molecule has 1 N–H and O–H groups in total. The summed E-state index contributed by atoms with van der Waals surface area (Å²) >= 11 is 0. The molecule has 18 heavy (non-hydrogen) atoms. The van der Waals surface area contributed by atoms with E-state index in [1.165, 1.54) is 12.1 Å². The highest BCUT2D eigenvalue weighted by atomic mass is 19.1. The molecule has 0 aliphatic rings. The number of amides is 1. The van der Waals surface area contributed by atoms with Crippen LogP contribution in [-0.2, 0) is 11.2 Å². The number of hydrogen-bond donors (Lipinski definition) is 1. The third-order valence-corrected chi connectivity index (χ3v) is 2.59. The van der Waals surface area contributed by atoms with E-state index in [4.69, 9.17) is 5.26 Å². The molecule has 1 unspecified atom stereocenters. The van der Waals surface area contributed by atoms with E-state index in [1.807, 2.05) is 6.07 Å². The van der Waals surface area contributed by atoms with Gasteiger partial charge < -0.3 is 5.32 Å². The van der Waals surface area contributed by atoms with Crippen molar-refractivity contribution in [3.05, 3.63) is 35.4 Å². The standard InChI is InChI=1S/C13H14F2N2O/c1-2-9(8-16)13(18)17-6-5-10-3-4-11(14)7-12(10)15/h3-4,7,9H,2,5-6H2,1H3,(H,17,18). The van der Waals surface area contributed by atoms with Crippen LogP contribution in [0.2, 0.25) is 0 Å². The zero-order chi connectivity index (χ0) is 13.5. The van der Waals surface area contributed by atoms with Gasteiger partial charge in [0.25, 0.3) is 0 Å². The molecule has 0 aliphatic carbocycles. The zero-order valence-electron chi connectivity index (χ0n) is 10.0. The van der Waals surface area contributed by atoms with Gasteiger partial charge in [-0.05, 0) is 24.5 Å². The quantitative estimate of drug-likeness (QED) is 0.873. The molecule has 96 valence electrons. The van der Waals surface area contributed by atoms with Gasteiger partial charge in [-0.1, -0.05) is 13.0 Å². The zero-order valence-corrected chi connectivity index (χ0v) is 10.0. The summed E-state index contributed by atoms with van der Waals surface area (Å²) in [6, 6.07) is 5.21. The van der Waals surface area contributed by atoms with E-state index in [0.717, 1.165) is 6.07 Å². The van der Waals surface area contributed by atoms with Crippen LogP contribution in [0.4, 0.5) is 8.78 Å². The summed E-state index contributed by atoms with van der Waals surface area (Å²) in [6.07, 6.45) is 0.701. The topological polar surface area (TPSA) is 52.9 Å². The predicted octanol–water partition coefficient (Wildman–Crippen LogP) is 2.17. The third kappa shape index (κ3) is 3.81. The summed E-state index contributed by atoms with van der Waals surface area (Å²) in [6.45, 7) is 1.96. The normalized spacial score (nSPS) is 11.7. The maximum atomic E-state index is 13.3. The molecule has 5 heteroatoms. The minimum Gasteiger partial charge on any atom is -0.355 e. The Hall–Kier alpha value is -1.96. The Balaban J connectivity index is 2.47. The second kappa shape index (κ2) is 6.70. The van der Waals surface area contributed by atoms with Crippen LogP contribution in [0.3, 0.4) is 0 Å². The number of nitrogens with one attached hydrogen (secondary N) is 1. The summed E-state index contributed by atoms with van der Waals surface area (Å²) in [5.41, 5.74) is 0.335. The minimum absolute atomic E-state index is 0.222. The van der Waals surface area contributed by atoms with E-state index >= 15 is 0 Å². The number of nitrogens with zero attached hydrogens (tertiary/aromatic N) is 1. The van der Waals surface area contributed by atoms with Crippen LogP contribution in [0, 0.1) is 28.9 Å². The van der Waals surface area contributed by atoms with Crippen molar-refractivity contribution >= 4 is 5.91 Å². The molecule has 1 aromatic carbocycles. The number of carbonyl (C=O) groups excluding carboxylic acids is 1. The lowest BCUT2D eigenvalue weighted by Crippen LogP contribution is -2.31. The molecule has 0 saturated heterocycles. The van der Waals surface area contributed by atoms with E-state index in [9.17, 15) is 13.6 Å². The Morgan fingerprint density at radius 2 is 2.22 bits per heavy atom. The molecule has 1 aromatic rings. The molecule has 3 nitrogen and oxygen atoms in total. The van der Waals surface area contributed by atoms with Gasteiger partial charge in [-0.2, -0.15) is 5.26 Å². The van der Waals surface area contributed by atoms with Crippen molar-refractivity contribution in [1.82, 2.24) is 5.32 Å². The average Bonchev–Trinajstić information content (AvgIpc) is 2.33. The fourth-order valence-corrected chi connectivity index (χ4v) is 1.50. The lowest BCUT2D eigenvalue weighted by atomic mass is 10.1. The van der Waals surface area contributed by atoms with Crippen molar-refractivity contribution in [2.24, 2.45) is 5.92 Å². The van der Waals surface area contributed by atoms with Crippen LogP contribution in [0.1, 0.15) is 18.9 Å². The first-order valence-corrected chi connectivity index (χ1v) is 5.69. The van der Waals surface area contributed by atoms with Gasteiger partial charge in [0, 0.05) is 12.6 Å². The van der Waals surface area contributed by atoms with Crippen molar-refractivity contribution in [2.45, 2.75) is 19.8 Å². The number of rotatable bonds is 5. The number of benzene rings is 1. The monoisotopic (exact) mass is 252 g/mol. The molecule has 0 heterocycles. The Morgan fingerprint density at radius 1 is 1.50 bits per heavy atom. The lowest BCUT2D eigenvalue weighted by Gasteiger charge is -2.08. The Morgan fingerprint density at radius 3 is 2.78 bits per heavy atom. The van der Waals surface area contributed by atoms with E-state index in [1.54, 1.807) is 6.92 Å². The average molecular weight is 252 g/mol. The van der Waals surface area contributed by atoms with Gasteiger partial charge in [-0.25, -0.2) is 8.78 Å². The van der Waals surface area contributed by atoms with Crippen LogP contribution in [0.25, 0.3) is 0 Å². The highest BCUT2D eigenvalue weighted by molar-refractivity contribution is 5.80.